The van der Waals surface area contributed by atoms with E-state index in [0.29, 0.717) is 23.8 Å². The molecule has 1 N–H and O–H groups in total. The summed E-state index contributed by atoms with van der Waals surface area (Å²) in [6.07, 6.45) is 6.56. The molecule has 0 aliphatic heterocycles. The number of carbonyl (C=O) groups excluding carboxylic acids is 1. The molecule has 7 heteroatoms. The average Bonchev–Trinajstić information content (AvgIpc) is 3.07. The van der Waals surface area contributed by atoms with Gasteiger partial charge in [-0.3, -0.25) is 0 Å². The number of hydrogen-bond acceptors (Lipinski definition) is 6. The van der Waals surface area contributed by atoms with E-state index < -0.39 is 6.09 Å². The summed E-state index contributed by atoms with van der Waals surface area (Å²) in [5.74, 6) is 1.37. The molecule has 0 radical (unpaired) electrons. The third-order valence-electron chi connectivity index (χ3n) is 4.95. The van der Waals surface area contributed by atoms with E-state index >= 15 is 0 Å². The smallest absolute Gasteiger partial charge is 0.407 e. The van der Waals surface area contributed by atoms with E-state index in [1.54, 1.807) is 0 Å². The number of amides is 1. The number of hydrogen-bond donors (Lipinski definition) is 1. The monoisotopic (exact) mass is 387 g/mol. The summed E-state index contributed by atoms with van der Waals surface area (Å²) >= 11 is 0. The van der Waals surface area contributed by atoms with Crippen molar-refractivity contribution in [2.45, 2.75) is 71.9 Å². The van der Waals surface area contributed by atoms with E-state index in [1.807, 2.05) is 32.9 Å². The van der Waals surface area contributed by atoms with Crippen molar-refractivity contribution in [1.82, 2.24) is 15.5 Å². The highest BCUT2D eigenvalue weighted by atomic mass is 16.5. The lowest BCUT2D eigenvalue weighted by Crippen LogP contribution is -2.24. The standard InChI is InChI=1S/C21H29N3O4/c1-4-12-26-21(25)22-13-17-14(2)24-28-20(17)18-10-11-19(15(3)23-18)27-16-8-6-5-7-9-16/h10-11,16H,4-9,12-13H2,1-3H3,(H,22,25). The minimum absolute atomic E-state index is 0.272. The molecular formula is C21H29N3O4. The first kappa shape index (κ1) is 20.2. The second-order valence-electron chi connectivity index (χ2n) is 7.22. The zero-order valence-electron chi connectivity index (χ0n) is 16.9. The summed E-state index contributed by atoms with van der Waals surface area (Å²) in [5, 5.41) is 6.78. The van der Waals surface area contributed by atoms with E-state index in [0.717, 1.165) is 36.3 Å². The molecule has 2 aromatic heterocycles. The molecule has 0 aromatic carbocycles. The molecule has 1 saturated carbocycles. The highest BCUT2D eigenvalue weighted by Gasteiger charge is 2.20. The Morgan fingerprint density at radius 1 is 1.21 bits per heavy atom. The summed E-state index contributed by atoms with van der Waals surface area (Å²) < 4.78 is 16.7. The van der Waals surface area contributed by atoms with E-state index in [4.69, 9.17) is 14.0 Å². The second kappa shape index (κ2) is 9.57. The van der Waals surface area contributed by atoms with Gasteiger partial charge in [0.05, 0.1) is 30.6 Å². The van der Waals surface area contributed by atoms with Gasteiger partial charge in [0.15, 0.2) is 5.76 Å². The Labute approximate surface area is 165 Å². The Morgan fingerprint density at radius 2 is 2.00 bits per heavy atom. The van der Waals surface area contributed by atoms with Gasteiger partial charge in [0, 0.05) is 5.56 Å². The van der Waals surface area contributed by atoms with Gasteiger partial charge in [-0.15, -0.1) is 0 Å². The van der Waals surface area contributed by atoms with Crippen LogP contribution in [-0.2, 0) is 11.3 Å². The predicted octanol–water partition coefficient (Wildman–Crippen LogP) is 4.70. The first-order valence-electron chi connectivity index (χ1n) is 10.1. The van der Waals surface area contributed by atoms with Crippen LogP contribution in [0, 0.1) is 13.8 Å². The maximum atomic E-state index is 11.7. The SMILES string of the molecule is CCCOC(=O)NCc1c(C)noc1-c1ccc(OC2CCCCC2)c(C)n1. The van der Waals surface area contributed by atoms with Gasteiger partial charge >= 0.3 is 6.09 Å². The molecule has 0 spiro atoms. The molecule has 3 rings (SSSR count). The van der Waals surface area contributed by atoms with Gasteiger partial charge in [-0.1, -0.05) is 18.5 Å². The van der Waals surface area contributed by atoms with Crippen LogP contribution in [0.15, 0.2) is 16.7 Å². The van der Waals surface area contributed by atoms with Crippen molar-refractivity contribution in [3.05, 3.63) is 29.1 Å². The van der Waals surface area contributed by atoms with Gasteiger partial charge in [-0.2, -0.15) is 0 Å². The predicted molar refractivity (Wildman–Crippen MR) is 105 cm³/mol. The van der Waals surface area contributed by atoms with Crippen LogP contribution in [0.25, 0.3) is 11.5 Å². The van der Waals surface area contributed by atoms with Gasteiger partial charge in [0.25, 0.3) is 0 Å². The molecule has 0 bridgehead atoms. The average molecular weight is 387 g/mol. The molecule has 2 aromatic rings. The van der Waals surface area contributed by atoms with Crippen LogP contribution in [0.4, 0.5) is 4.79 Å². The van der Waals surface area contributed by atoms with Gasteiger partial charge < -0.3 is 19.3 Å². The Kier molecular flexibility index (Phi) is 6.90. The molecule has 1 aliphatic rings. The van der Waals surface area contributed by atoms with Crippen molar-refractivity contribution in [2.24, 2.45) is 0 Å². The number of nitrogens with one attached hydrogen (secondary N) is 1. The molecule has 28 heavy (non-hydrogen) atoms. The van der Waals surface area contributed by atoms with Crippen LogP contribution >= 0.6 is 0 Å². The molecule has 2 heterocycles. The Bertz CT molecular complexity index is 797. The molecule has 1 amide bonds. The van der Waals surface area contributed by atoms with Crippen LogP contribution in [0.5, 0.6) is 5.75 Å². The number of aromatic nitrogens is 2. The Balaban J connectivity index is 1.71. The fourth-order valence-corrected chi connectivity index (χ4v) is 3.37. The quantitative estimate of drug-likeness (QED) is 0.741. The third-order valence-corrected chi connectivity index (χ3v) is 4.95. The van der Waals surface area contributed by atoms with Crippen molar-refractivity contribution in [3.63, 3.8) is 0 Å². The third kappa shape index (κ3) is 5.03. The van der Waals surface area contributed by atoms with Crippen LogP contribution in [0.2, 0.25) is 0 Å². The first-order chi connectivity index (χ1) is 13.6. The molecule has 7 nitrogen and oxygen atoms in total. The number of rotatable bonds is 7. The summed E-state index contributed by atoms with van der Waals surface area (Å²) in [6.45, 7) is 6.39. The topological polar surface area (TPSA) is 86.5 Å². The number of carbonyl (C=O) groups is 1. The number of alkyl carbamates (subject to hydrolysis) is 1. The maximum absolute atomic E-state index is 11.7. The highest BCUT2D eigenvalue weighted by Crippen LogP contribution is 2.29. The van der Waals surface area contributed by atoms with Crippen molar-refractivity contribution in [2.75, 3.05) is 6.61 Å². The van der Waals surface area contributed by atoms with Gasteiger partial charge in [-0.05, 0) is 58.1 Å². The number of nitrogens with zero attached hydrogens (tertiary/aromatic N) is 2. The lowest BCUT2D eigenvalue weighted by atomic mass is 9.98. The van der Waals surface area contributed by atoms with Crippen molar-refractivity contribution < 1.29 is 18.8 Å². The molecule has 1 fully saturated rings. The van der Waals surface area contributed by atoms with Crippen LogP contribution in [-0.4, -0.2) is 28.9 Å². The molecule has 0 atom stereocenters. The molecule has 0 saturated heterocycles. The van der Waals surface area contributed by atoms with Crippen molar-refractivity contribution in [1.29, 1.82) is 0 Å². The van der Waals surface area contributed by atoms with Crippen molar-refractivity contribution >= 4 is 6.09 Å². The fraction of sp³-hybridized carbons (Fsp3) is 0.571. The molecule has 0 unspecified atom stereocenters. The highest BCUT2D eigenvalue weighted by molar-refractivity contribution is 5.68. The first-order valence-corrected chi connectivity index (χ1v) is 10.1. The summed E-state index contributed by atoms with van der Waals surface area (Å²) in [6, 6.07) is 3.82. The van der Waals surface area contributed by atoms with Gasteiger partial charge in [0.2, 0.25) is 0 Å². The normalized spacial score (nSPS) is 14.7. The number of pyridine rings is 1. The number of ether oxygens (including phenoxy) is 2. The van der Waals surface area contributed by atoms with E-state index in [-0.39, 0.29) is 12.6 Å². The summed E-state index contributed by atoms with van der Waals surface area (Å²) in [5.41, 5.74) is 3.00. The summed E-state index contributed by atoms with van der Waals surface area (Å²) in [7, 11) is 0. The largest absolute Gasteiger partial charge is 0.489 e. The zero-order valence-corrected chi connectivity index (χ0v) is 16.9. The molecule has 152 valence electrons. The fourth-order valence-electron chi connectivity index (χ4n) is 3.37. The Morgan fingerprint density at radius 3 is 2.71 bits per heavy atom. The lowest BCUT2D eigenvalue weighted by Gasteiger charge is -2.23. The van der Waals surface area contributed by atoms with E-state index in [9.17, 15) is 4.79 Å². The van der Waals surface area contributed by atoms with Crippen molar-refractivity contribution in [3.8, 4) is 17.2 Å². The van der Waals surface area contributed by atoms with E-state index in [2.05, 4.69) is 15.5 Å². The minimum Gasteiger partial charge on any atom is -0.489 e. The number of aryl methyl sites for hydroxylation is 2. The van der Waals surface area contributed by atoms with Crippen LogP contribution in [0.1, 0.15) is 62.4 Å². The van der Waals surface area contributed by atoms with Gasteiger partial charge in [-0.25, -0.2) is 9.78 Å². The second-order valence-corrected chi connectivity index (χ2v) is 7.22. The molecule has 1 aliphatic carbocycles. The van der Waals surface area contributed by atoms with Gasteiger partial charge in [0.1, 0.15) is 11.4 Å². The van der Waals surface area contributed by atoms with E-state index in [1.165, 1.54) is 19.3 Å². The van der Waals surface area contributed by atoms with Crippen LogP contribution < -0.4 is 10.1 Å². The summed E-state index contributed by atoms with van der Waals surface area (Å²) in [4.78, 5) is 16.4. The minimum atomic E-state index is -0.450. The van der Waals surface area contributed by atoms with Crippen LogP contribution in [0.3, 0.4) is 0 Å². The lowest BCUT2D eigenvalue weighted by molar-refractivity contribution is 0.145. The Hall–Kier alpha value is -2.57. The molecular weight excluding hydrogens is 358 g/mol. The maximum Gasteiger partial charge on any atom is 0.407 e. The zero-order chi connectivity index (χ0) is 19.9.